The zero-order valence-electron chi connectivity index (χ0n) is 8.20. The molecule has 0 spiro atoms. The van der Waals surface area contributed by atoms with Crippen molar-refractivity contribution < 1.29 is 30.7 Å². The van der Waals surface area contributed by atoms with Crippen LogP contribution in [0.15, 0.2) is 23.2 Å². The summed E-state index contributed by atoms with van der Waals surface area (Å²) < 4.78 is 85.5. The standard InChI is InChI=1S/C9H3ClF7N/c10-7(9(15,16)17)18-6-2-4(8(12,13)14)1-5(11)3-6/h1-3H. The van der Waals surface area contributed by atoms with E-state index in [0.29, 0.717) is 6.07 Å². The lowest BCUT2D eigenvalue weighted by molar-refractivity contribution is -0.137. The monoisotopic (exact) mass is 293 g/mol. The molecule has 1 rings (SSSR count). The fourth-order valence-corrected chi connectivity index (χ4v) is 1.08. The van der Waals surface area contributed by atoms with Crippen molar-refractivity contribution in [3.8, 4) is 0 Å². The number of aliphatic imine (C=N–C) groups is 1. The van der Waals surface area contributed by atoms with Crippen molar-refractivity contribution in [2.24, 2.45) is 4.99 Å². The second kappa shape index (κ2) is 4.75. The van der Waals surface area contributed by atoms with E-state index in [0.717, 1.165) is 0 Å². The van der Waals surface area contributed by atoms with Crippen molar-refractivity contribution in [1.29, 1.82) is 0 Å². The van der Waals surface area contributed by atoms with E-state index >= 15 is 0 Å². The van der Waals surface area contributed by atoms with Crippen LogP contribution in [0.2, 0.25) is 0 Å². The van der Waals surface area contributed by atoms with E-state index in [4.69, 9.17) is 11.6 Å². The van der Waals surface area contributed by atoms with Gasteiger partial charge in [0.05, 0.1) is 11.3 Å². The van der Waals surface area contributed by atoms with Gasteiger partial charge in [0.25, 0.3) is 0 Å². The zero-order chi connectivity index (χ0) is 14.1. The molecule has 0 fully saturated rings. The highest BCUT2D eigenvalue weighted by molar-refractivity contribution is 6.67. The van der Waals surface area contributed by atoms with Crippen LogP contribution in [0.1, 0.15) is 5.56 Å². The van der Waals surface area contributed by atoms with Crippen molar-refractivity contribution in [1.82, 2.24) is 0 Å². The fraction of sp³-hybridized carbons (Fsp3) is 0.222. The number of alkyl halides is 6. The lowest BCUT2D eigenvalue weighted by atomic mass is 10.2. The Hall–Kier alpha value is -1.31. The molecule has 0 aliphatic carbocycles. The maximum Gasteiger partial charge on any atom is 0.444 e. The van der Waals surface area contributed by atoms with Gasteiger partial charge in [0.2, 0.25) is 5.17 Å². The quantitative estimate of drug-likeness (QED) is 0.527. The Bertz CT molecular complexity index is 475. The molecule has 0 saturated carbocycles. The number of rotatable bonds is 1. The Kier molecular flexibility index (Phi) is 3.89. The third-order valence-electron chi connectivity index (χ3n) is 1.67. The summed E-state index contributed by atoms with van der Waals surface area (Å²) in [6.07, 6.45) is -9.90. The number of hydrogen-bond acceptors (Lipinski definition) is 1. The molecule has 0 unspecified atom stereocenters. The SMILES string of the molecule is Fc1cc(N=C(Cl)C(F)(F)F)cc(C(F)(F)F)c1. The van der Waals surface area contributed by atoms with Crippen LogP contribution >= 0.6 is 11.6 Å². The molecule has 9 heteroatoms. The summed E-state index contributed by atoms with van der Waals surface area (Å²) in [5.74, 6) is -1.37. The van der Waals surface area contributed by atoms with Gasteiger partial charge in [-0.15, -0.1) is 0 Å². The average molecular weight is 294 g/mol. The number of hydrogen-bond donors (Lipinski definition) is 0. The van der Waals surface area contributed by atoms with E-state index in [1.807, 2.05) is 0 Å². The Balaban J connectivity index is 3.24. The Morgan fingerprint density at radius 2 is 1.56 bits per heavy atom. The van der Waals surface area contributed by atoms with Crippen LogP contribution in [-0.4, -0.2) is 11.3 Å². The molecule has 1 aromatic carbocycles. The van der Waals surface area contributed by atoms with Crippen LogP contribution in [0, 0.1) is 5.82 Å². The number of benzene rings is 1. The van der Waals surface area contributed by atoms with E-state index in [1.165, 1.54) is 0 Å². The normalized spacial score (nSPS) is 13.9. The van der Waals surface area contributed by atoms with Gasteiger partial charge in [0.1, 0.15) is 5.82 Å². The van der Waals surface area contributed by atoms with Gasteiger partial charge in [0, 0.05) is 0 Å². The van der Waals surface area contributed by atoms with Crippen molar-refractivity contribution in [2.45, 2.75) is 12.4 Å². The van der Waals surface area contributed by atoms with Crippen LogP contribution in [0.4, 0.5) is 36.4 Å². The van der Waals surface area contributed by atoms with Crippen LogP contribution in [-0.2, 0) is 6.18 Å². The van der Waals surface area contributed by atoms with Gasteiger partial charge in [-0.05, 0) is 18.2 Å². The van der Waals surface area contributed by atoms with Gasteiger partial charge in [-0.25, -0.2) is 9.38 Å². The zero-order valence-corrected chi connectivity index (χ0v) is 8.96. The number of halogens is 8. The molecule has 1 nitrogen and oxygen atoms in total. The maximum absolute atomic E-state index is 12.8. The molecule has 0 radical (unpaired) electrons. The lowest BCUT2D eigenvalue weighted by Crippen LogP contribution is -2.16. The van der Waals surface area contributed by atoms with Crippen molar-refractivity contribution in [3.63, 3.8) is 0 Å². The minimum absolute atomic E-state index is 0.139. The van der Waals surface area contributed by atoms with Gasteiger partial charge in [0.15, 0.2) is 0 Å². The van der Waals surface area contributed by atoms with E-state index in [1.54, 1.807) is 0 Å². The van der Waals surface area contributed by atoms with Gasteiger partial charge in [-0.1, -0.05) is 11.6 Å². The topological polar surface area (TPSA) is 12.4 Å². The lowest BCUT2D eigenvalue weighted by Gasteiger charge is -2.08. The Labute approximate surface area is 101 Å². The van der Waals surface area contributed by atoms with Gasteiger partial charge >= 0.3 is 12.4 Å². The summed E-state index contributed by atoms with van der Waals surface area (Å²) in [5.41, 5.74) is -2.32. The second-order valence-corrected chi connectivity index (χ2v) is 3.45. The molecule has 0 aliphatic heterocycles. The predicted molar refractivity (Wildman–Crippen MR) is 50.4 cm³/mol. The third kappa shape index (κ3) is 3.86. The van der Waals surface area contributed by atoms with Gasteiger partial charge in [-0.3, -0.25) is 0 Å². The summed E-state index contributed by atoms with van der Waals surface area (Å²) in [5, 5.41) is -1.89. The van der Waals surface area contributed by atoms with E-state index in [-0.39, 0.29) is 12.1 Å². The molecule has 0 atom stereocenters. The molecule has 0 aliphatic rings. The minimum atomic E-state index is -5.01. The first kappa shape index (κ1) is 14.7. The molecular weight excluding hydrogens is 291 g/mol. The molecular formula is C9H3ClF7N. The highest BCUT2D eigenvalue weighted by Gasteiger charge is 2.35. The molecule has 1 aromatic rings. The highest BCUT2D eigenvalue weighted by Crippen LogP contribution is 2.33. The van der Waals surface area contributed by atoms with Crippen molar-refractivity contribution >= 4 is 22.5 Å². The van der Waals surface area contributed by atoms with Crippen LogP contribution in [0.25, 0.3) is 0 Å². The molecule has 0 aromatic heterocycles. The third-order valence-corrected chi connectivity index (χ3v) is 1.97. The molecule has 0 saturated heterocycles. The smallest absolute Gasteiger partial charge is 0.232 e. The van der Waals surface area contributed by atoms with Crippen LogP contribution < -0.4 is 0 Å². The molecule has 0 N–H and O–H groups in total. The minimum Gasteiger partial charge on any atom is -0.232 e. The second-order valence-electron chi connectivity index (χ2n) is 3.10. The first-order valence-electron chi connectivity index (χ1n) is 4.19. The predicted octanol–water partition coefficient (Wildman–Crippen LogP) is 4.68. The van der Waals surface area contributed by atoms with Gasteiger partial charge < -0.3 is 0 Å². The number of nitrogens with zero attached hydrogens (tertiary/aromatic N) is 1. The van der Waals surface area contributed by atoms with E-state index in [2.05, 4.69) is 4.99 Å². The van der Waals surface area contributed by atoms with Crippen LogP contribution in [0.5, 0.6) is 0 Å². The maximum atomic E-state index is 12.8. The molecule has 0 heterocycles. The summed E-state index contributed by atoms with van der Waals surface area (Å²) in [4.78, 5) is 2.68. The highest BCUT2D eigenvalue weighted by atomic mass is 35.5. The van der Waals surface area contributed by atoms with E-state index < -0.39 is 34.6 Å². The van der Waals surface area contributed by atoms with Crippen molar-refractivity contribution in [2.75, 3.05) is 0 Å². The summed E-state index contributed by atoms with van der Waals surface area (Å²) in [6, 6.07) is 0.807. The summed E-state index contributed by atoms with van der Waals surface area (Å²) >= 11 is 4.73. The summed E-state index contributed by atoms with van der Waals surface area (Å²) in [6.45, 7) is 0. The first-order valence-corrected chi connectivity index (χ1v) is 4.57. The fourth-order valence-electron chi connectivity index (χ4n) is 0.979. The van der Waals surface area contributed by atoms with E-state index in [9.17, 15) is 30.7 Å². The van der Waals surface area contributed by atoms with Crippen molar-refractivity contribution in [3.05, 3.63) is 29.6 Å². The largest absolute Gasteiger partial charge is 0.444 e. The summed E-state index contributed by atoms with van der Waals surface area (Å²) in [7, 11) is 0. The molecule has 100 valence electrons. The average Bonchev–Trinajstić information content (AvgIpc) is 2.13. The molecule has 0 bridgehead atoms. The molecule has 0 amide bonds. The van der Waals surface area contributed by atoms with Gasteiger partial charge in [-0.2, -0.15) is 26.3 Å². The Morgan fingerprint density at radius 1 is 1.00 bits per heavy atom. The first-order chi connectivity index (χ1) is 8.00. The molecule has 18 heavy (non-hydrogen) atoms. The van der Waals surface area contributed by atoms with Crippen LogP contribution in [0.3, 0.4) is 0 Å². The Morgan fingerprint density at radius 3 is 2.00 bits per heavy atom.